The number of nitrogens with one attached hydrogen (secondary N) is 2. The summed E-state index contributed by atoms with van der Waals surface area (Å²) >= 11 is 5.82. The van der Waals surface area contributed by atoms with E-state index in [0.717, 1.165) is 0 Å². The maximum atomic E-state index is 11.7. The molecule has 0 aliphatic heterocycles. The highest BCUT2D eigenvalue weighted by Gasteiger charge is 2.15. The Labute approximate surface area is 127 Å². The largest absolute Gasteiger partial charge is 0.495 e. The average Bonchev–Trinajstić information content (AvgIpc) is 2.47. The number of rotatable bonds is 7. The molecule has 0 aliphatic carbocycles. The Morgan fingerprint density at radius 3 is 2.71 bits per heavy atom. The molecule has 0 aromatic heterocycles. The van der Waals surface area contributed by atoms with Crippen LogP contribution in [0.5, 0.6) is 5.75 Å². The summed E-state index contributed by atoms with van der Waals surface area (Å²) in [4.78, 5) is 23.3. The average molecular weight is 317 g/mol. The summed E-state index contributed by atoms with van der Waals surface area (Å²) in [5.74, 6) is -1.24. The fraction of sp³-hybridized carbons (Fsp3) is 0.385. The van der Waals surface area contributed by atoms with Gasteiger partial charge in [-0.2, -0.15) is 0 Å². The summed E-state index contributed by atoms with van der Waals surface area (Å²) in [6, 6.07) is 4.67. The molecule has 0 aliphatic rings. The molecule has 0 fully saturated rings. The fourth-order valence-corrected chi connectivity index (χ4v) is 1.61. The van der Waals surface area contributed by atoms with Crippen molar-refractivity contribution in [1.29, 1.82) is 0 Å². The van der Waals surface area contributed by atoms with Gasteiger partial charge in [-0.05, 0) is 18.2 Å². The third kappa shape index (κ3) is 5.99. The molecule has 0 heterocycles. The number of halogens is 1. The van der Waals surface area contributed by atoms with E-state index in [4.69, 9.17) is 26.2 Å². The van der Waals surface area contributed by atoms with E-state index in [1.807, 2.05) is 0 Å². The molecule has 1 aromatic rings. The molecule has 116 valence electrons. The minimum Gasteiger partial charge on any atom is -0.495 e. The minimum absolute atomic E-state index is 0.0943. The Bertz CT molecular complexity index is 495. The Balaban J connectivity index is 2.49. The molecule has 1 rings (SSSR count). The number of benzene rings is 1. The standard InChI is InChI=1S/C13H17ClN2O5/c1-20-11-3-2-9(14)8-10(11)16-13(19)12(18)15-4-6-21-7-5-17/h2-3,8,17H,4-7H2,1H3,(H,15,18)(H,16,19). The maximum Gasteiger partial charge on any atom is 0.313 e. The SMILES string of the molecule is COc1ccc(Cl)cc1NC(=O)C(=O)NCCOCCO. The van der Waals surface area contributed by atoms with E-state index in [1.54, 1.807) is 12.1 Å². The van der Waals surface area contributed by atoms with E-state index in [1.165, 1.54) is 13.2 Å². The molecule has 0 bridgehead atoms. The molecule has 0 radical (unpaired) electrons. The summed E-state index contributed by atoms with van der Waals surface area (Å²) < 4.78 is 10.0. The molecule has 0 atom stereocenters. The third-order valence-electron chi connectivity index (χ3n) is 2.38. The van der Waals surface area contributed by atoms with Gasteiger partial charge >= 0.3 is 11.8 Å². The molecule has 0 saturated heterocycles. The molecular formula is C13H17ClN2O5. The van der Waals surface area contributed by atoms with Gasteiger partial charge in [0.25, 0.3) is 0 Å². The predicted octanol–water partition coefficient (Wildman–Crippen LogP) is 0.412. The first-order valence-electron chi connectivity index (χ1n) is 6.19. The van der Waals surface area contributed by atoms with Crippen molar-refractivity contribution in [2.75, 3.05) is 38.8 Å². The van der Waals surface area contributed by atoms with Crippen LogP contribution >= 0.6 is 11.6 Å². The van der Waals surface area contributed by atoms with Gasteiger partial charge < -0.3 is 25.2 Å². The van der Waals surface area contributed by atoms with Crippen LogP contribution in [0, 0.1) is 0 Å². The summed E-state index contributed by atoms with van der Waals surface area (Å²) in [6.07, 6.45) is 0. The number of aliphatic hydroxyl groups is 1. The lowest BCUT2D eigenvalue weighted by molar-refractivity contribution is -0.136. The second-order valence-corrected chi connectivity index (χ2v) is 4.33. The van der Waals surface area contributed by atoms with Crippen LogP contribution in [0.15, 0.2) is 18.2 Å². The van der Waals surface area contributed by atoms with E-state index >= 15 is 0 Å². The molecular weight excluding hydrogens is 300 g/mol. The van der Waals surface area contributed by atoms with E-state index < -0.39 is 11.8 Å². The van der Waals surface area contributed by atoms with Crippen LogP contribution < -0.4 is 15.4 Å². The van der Waals surface area contributed by atoms with E-state index in [2.05, 4.69) is 10.6 Å². The van der Waals surface area contributed by atoms with Gasteiger partial charge in [0.1, 0.15) is 5.75 Å². The lowest BCUT2D eigenvalue weighted by atomic mass is 10.3. The van der Waals surface area contributed by atoms with Gasteiger partial charge in [0.15, 0.2) is 0 Å². The number of ether oxygens (including phenoxy) is 2. The topological polar surface area (TPSA) is 96.9 Å². The monoisotopic (exact) mass is 316 g/mol. The van der Waals surface area contributed by atoms with Crippen LogP contribution in [0.25, 0.3) is 0 Å². The Morgan fingerprint density at radius 1 is 1.29 bits per heavy atom. The van der Waals surface area contributed by atoms with Crippen molar-refractivity contribution in [3.8, 4) is 5.75 Å². The number of methoxy groups -OCH3 is 1. The molecule has 2 amide bonds. The maximum absolute atomic E-state index is 11.7. The summed E-state index contributed by atoms with van der Waals surface area (Å²) in [5, 5.41) is 13.7. The first-order valence-corrected chi connectivity index (χ1v) is 6.57. The zero-order valence-corrected chi connectivity index (χ0v) is 12.3. The fourth-order valence-electron chi connectivity index (χ4n) is 1.44. The molecule has 0 spiro atoms. The molecule has 21 heavy (non-hydrogen) atoms. The molecule has 1 aromatic carbocycles. The van der Waals surface area contributed by atoms with Gasteiger partial charge in [-0.25, -0.2) is 0 Å². The number of carbonyl (C=O) groups is 2. The number of hydrogen-bond acceptors (Lipinski definition) is 5. The van der Waals surface area contributed by atoms with Crippen LogP contribution in [-0.4, -0.2) is 50.4 Å². The molecule has 8 heteroatoms. The van der Waals surface area contributed by atoms with Gasteiger partial charge in [0, 0.05) is 11.6 Å². The molecule has 3 N–H and O–H groups in total. The summed E-state index contributed by atoms with van der Waals surface area (Å²) in [5.41, 5.74) is 0.307. The molecule has 7 nitrogen and oxygen atoms in total. The lowest BCUT2D eigenvalue weighted by Crippen LogP contribution is -2.37. The zero-order valence-electron chi connectivity index (χ0n) is 11.5. The number of anilines is 1. The van der Waals surface area contributed by atoms with E-state index in [-0.39, 0.29) is 26.4 Å². The highest BCUT2D eigenvalue weighted by Crippen LogP contribution is 2.27. The van der Waals surface area contributed by atoms with Crippen LogP contribution in [-0.2, 0) is 14.3 Å². The quantitative estimate of drug-likeness (QED) is 0.500. The van der Waals surface area contributed by atoms with Gasteiger partial charge in [-0.1, -0.05) is 11.6 Å². The first-order chi connectivity index (χ1) is 10.1. The number of aliphatic hydroxyl groups excluding tert-OH is 1. The van der Waals surface area contributed by atoms with Crippen molar-refractivity contribution in [3.63, 3.8) is 0 Å². The molecule has 0 saturated carbocycles. The van der Waals surface area contributed by atoms with Crippen LogP contribution in [0.3, 0.4) is 0 Å². The first kappa shape index (κ1) is 17.2. The van der Waals surface area contributed by atoms with Crippen molar-refractivity contribution in [2.24, 2.45) is 0 Å². The Hall–Kier alpha value is -1.83. The highest BCUT2D eigenvalue weighted by atomic mass is 35.5. The lowest BCUT2D eigenvalue weighted by Gasteiger charge is -2.10. The van der Waals surface area contributed by atoms with Gasteiger partial charge in [0.2, 0.25) is 0 Å². The van der Waals surface area contributed by atoms with Gasteiger partial charge in [-0.15, -0.1) is 0 Å². The normalized spacial score (nSPS) is 10.0. The second-order valence-electron chi connectivity index (χ2n) is 3.89. The second kappa shape index (κ2) is 9.17. The van der Waals surface area contributed by atoms with Gasteiger partial charge in [-0.3, -0.25) is 9.59 Å². The predicted molar refractivity (Wildman–Crippen MR) is 77.5 cm³/mol. The Kier molecular flexibility index (Phi) is 7.52. The van der Waals surface area contributed by atoms with Crippen molar-refractivity contribution in [2.45, 2.75) is 0 Å². The van der Waals surface area contributed by atoms with E-state index in [0.29, 0.717) is 16.5 Å². The zero-order chi connectivity index (χ0) is 15.7. The highest BCUT2D eigenvalue weighted by molar-refractivity contribution is 6.40. The minimum atomic E-state index is -0.835. The number of hydrogen-bond donors (Lipinski definition) is 3. The Morgan fingerprint density at radius 2 is 2.05 bits per heavy atom. The van der Waals surface area contributed by atoms with Crippen LogP contribution in [0.1, 0.15) is 0 Å². The smallest absolute Gasteiger partial charge is 0.313 e. The van der Waals surface area contributed by atoms with Crippen molar-refractivity contribution in [3.05, 3.63) is 23.2 Å². The molecule has 0 unspecified atom stereocenters. The van der Waals surface area contributed by atoms with Crippen LogP contribution in [0.2, 0.25) is 5.02 Å². The third-order valence-corrected chi connectivity index (χ3v) is 2.62. The van der Waals surface area contributed by atoms with Crippen molar-refractivity contribution >= 4 is 29.1 Å². The number of carbonyl (C=O) groups excluding carboxylic acids is 2. The van der Waals surface area contributed by atoms with Crippen molar-refractivity contribution in [1.82, 2.24) is 5.32 Å². The van der Waals surface area contributed by atoms with Crippen LogP contribution in [0.4, 0.5) is 5.69 Å². The number of amides is 2. The van der Waals surface area contributed by atoms with Crippen molar-refractivity contribution < 1.29 is 24.2 Å². The van der Waals surface area contributed by atoms with E-state index in [9.17, 15) is 9.59 Å². The van der Waals surface area contributed by atoms with Gasteiger partial charge in [0.05, 0.1) is 32.6 Å². The summed E-state index contributed by atoms with van der Waals surface area (Å²) in [7, 11) is 1.44. The summed E-state index contributed by atoms with van der Waals surface area (Å²) in [6.45, 7) is 0.462.